The van der Waals surface area contributed by atoms with Crippen LogP contribution in [0.15, 0.2) is 29.4 Å². The highest BCUT2D eigenvalue weighted by Gasteiger charge is 2.13. The van der Waals surface area contributed by atoms with Crippen molar-refractivity contribution in [2.24, 2.45) is 10.9 Å². The van der Waals surface area contributed by atoms with Crippen LogP contribution < -0.4 is 5.73 Å². The van der Waals surface area contributed by atoms with Crippen LogP contribution in [-0.2, 0) is 6.54 Å². The van der Waals surface area contributed by atoms with Gasteiger partial charge in [-0.25, -0.2) is 4.39 Å². The number of amidine groups is 1. The number of halogens is 1. The van der Waals surface area contributed by atoms with Gasteiger partial charge in [-0.2, -0.15) is 0 Å². The smallest absolute Gasteiger partial charge is 0.140 e. The van der Waals surface area contributed by atoms with Crippen molar-refractivity contribution in [2.45, 2.75) is 25.9 Å². The predicted molar refractivity (Wildman–Crippen MR) is 65.4 cm³/mol. The first kappa shape index (κ1) is 13.4. The minimum atomic E-state index is -0.213. The zero-order valence-corrected chi connectivity index (χ0v) is 10.1. The molecule has 0 fully saturated rings. The zero-order chi connectivity index (χ0) is 12.8. The number of nitrogens with zero attached hydrogens (tertiary/aromatic N) is 2. The third-order valence-corrected chi connectivity index (χ3v) is 2.76. The van der Waals surface area contributed by atoms with Gasteiger partial charge in [-0.15, -0.1) is 0 Å². The van der Waals surface area contributed by atoms with Crippen molar-refractivity contribution in [1.29, 1.82) is 0 Å². The second kappa shape index (κ2) is 6.20. The van der Waals surface area contributed by atoms with E-state index in [2.05, 4.69) is 5.16 Å². The number of benzene rings is 1. The molecule has 0 aromatic heterocycles. The van der Waals surface area contributed by atoms with E-state index in [0.717, 1.165) is 0 Å². The maximum absolute atomic E-state index is 13.4. The monoisotopic (exact) mass is 239 g/mol. The molecule has 0 bridgehead atoms. The first-order valence-electron chi connectivity index (χ1n) is 5.44. The molecule has 1 aromatic carbocycles. The average molecular weight is 239 g/mol. The molecule has 1 unspecified atom stereocenters. The van der Waals surface area contributed by atoms with Gasteiger partial charge in [0.15, 0.2) is 0 Å². The first-order chi connectivity index (χ1) is 8.04. The molecule has 0 aliphatic rings. The topological polar surface area (TPSA) is 61.9 Å². The van der Waals surface area contributed by atoms with E-state index in [-0.39, 0.29) is 17.7 Å². The third kappa shape index (κ3) is 4.03. The van der Waals surface area contributed by atoms with Crippen molar-refractivity contribution in [3.63, 3.8) is 0 Å². The van der Waals surface area contributed by atoms with E-state index in [0.29, 0.717) is 18.5 Å². The highest BCUT2D eigenvalue weighted by Crippen LogP contribution is 2.11. The van der Waals surface area contributed by atoms with Crippen molar-refractivity contribution in [2.75, 3.05) is 7.05 Å². The first-order valence-corrected chi connectivity index (χ1v) is 5.44. The van der Waals surface area contributed by atoms with Crippen LogP contribution in [0.3, 0.4) is 0 Å². The van der Waals surface area contributed by atoms with Crippen molar-refractivity contribution >= 4 is 5.84 Å². The minimum absolute atomic E-state index is 0.0745. The molecule has 0 aliphatic heterocycles. The van der Waals surface area contributed by atoms with Gasteiger partial charge >= 0.3 is 0 Å². The maximum atomic E-state index is 13.4. The molecule has 0 saturated carbocycles. The second-order valence-corrected chi connectivity index (χ2v) is 4.15. The van der Waals surface area contributed by atoms with E-state index in [1.54, 1.807) is 18.2 Å². The largest absolute Gasteiger partial charge is 0.409 e. The molecule has 1 aromatic rings. The summed E-state index contributed by atoms with van der Waals surface area (Å²) in [5.74, 6) is -0.0340. The molecule has 1 rings (SSSR count). The lowest BCUT2D eigenvalue weighted by Crippen LogP contribution is -2.33. The predicted octanol–water partition coefficient (Wildman–Crippen LogP) is 1.78. The van der Waals surface area contributed by atoms with E-state index in [1.165, 1.54) is 6.07 Å². The average Bonchev–Trinajstić information content (AvgIpc) is 2.31. The maximum Gasteiger partial charge on any atom is 0.140 e. The quantitative estimate of drug-likeness (QED) is 0.356. The summed E-state index contributed by atoms with van der Waals surface area (Å²) in [5, 5.41) is 11.4. The number of oxime groups is 1. The van der Waals surface area contributed by atoms with Crippen molar-refractivity contribution in [3.8, 4) is 0 Å². The molecular weight excluding hydrogens is 221 g/mol. The van der Waals surface area contributed by atoms with Crippen LogP contribution in [-0.4, -0.2) is 29.0 Å². The van der Waals surface area contributed by atoms with Crippen LogP contribution in [0.2, 0.25) is 0 Å². The second-order valence-electron chi connectivity index (χ2n) is 4.15. The summed E-state index contributed by atoms with van der Waals surface area (Å²) in [6.07, 6.45) is 0.446. The van der Waals surface area contributed by atoms with Crippen LogP contribution in [0.5, 0.6) is 0 Å². The van der Waals surface area contributed by atoms with Gasteiger partial charge in [-0.05, 0) is 20.0 Å². The van der Waals surface area contributed by atoms with E-state index in [1.807, 2.05) is 18.9 Å². The number of hydrogen-bond acceptors (Lipinski definition) is 3. The highest BCUT2D eigenvalue weighted by molar-refractivity contribution is 5.80. The molecule has 0 radical (unpaired) electrons. The lowest BCUT2D eigenvalue weighted by atomic mass is 10.1. The number of rotatable bonds is 5. The molecule has 0 spiro atoms. The Kier molecular flexibility index (Phi) is 4.90. The Labute approximate surface area is 101 Å². The zero-order valence-electron chi connectivity index (χ0n) is 10.1. The number of hydrogen-bond donors (Lipinski definition) is 2. The van der Waals surface area contributed by atoms with Gasteiger partial charge in [-0.1, -0.05) is 23.4 Å². The molecule has 1 atom stereocenters. The summed E-state index contributed by atoms with van der Waals surface area (Å²) < 4.78 is 13.4. The fourth-order valence-corrected chi connectivity index (χ4v) is 1.55. The summed E-state index contributed by atoms with van der Waals surface area (Å²) in [4.78, 5) is 1.95. The highest BCUT2D eigenvalue weighted by atomic mass is 19.1. The molecule has 17 heavy (non-hydrogen) atoms. The molecule has 0 heterocycles. The van der Waals surface area contributed by atoms with Gasteiger partial charge in [0.1, 0.15) is 11.7 Å². The lowest BCUT2D eigenvalue weighted by Gasteiger charge is -2.24. The van der Waals surface area contributed by atoms with Crippen LogP contribution >= 0.6 is 0 Å². The SMILES string of the molecule is CC(CC(N)=NO)N(C)Cc1ccccc1F. The van der Waals surface area contributed by atoms with E-state index in [4.69, 9.17) is 10.9 Å². The normalized spacial score (nSPS) is 14.0. The fourth-order valence-electron chi connectivity index (χ4n) is 1.55. The van der Waals surface area contributed by atoms with Crippen molar-refractivity contribution < 1.29 is 9.60 Å². The summed E-state index contributed by atoms with van der Waals surface area (Å²) >= 11 is 0. The van der Waals surface area contributed by atoms with Crippen molar-refractivity contribution in [1.82, 2.24) is 4.90 Å². The van der Waals surface area contributed by atoms with Crippen molar-refractivity contribution in [3.05, 3.63) is 35.6 Å². The van der Waals surface area contributed by atoms with Gasteiger partial charge in [0, 0.05) is 24.6 Å². The van der Waals surface area contributed by atoms with Gasteiger partial charge in [0.05, 0.1) is 0 Å². The Balaban J connectivity index is 2.60. The van der Waals surface area contributed by atoms with Gasteiger partial charge in [-0.3, -0.25) is 4.90 Å². The van der Waals surface area contributed by atoms with Crippen LogP contribution in [0.4, 0.5) is 4.39 Å². The molecule has 5 heteroatoms. The Morgan fingerprint density at radius 1 is 1.53 bits per heavy atom. The summed E-state index contributed by atoms with van der Waals surface area (Å²) in [5.41, 5.74) is 6.07. The Hall–Kier alpha value is -1.62. The molecule has 0 saturated heterocycles. The summed E-state index contributed by atoms with van der Waals surface area (Å²) in [6.45, 7) is 2.44. The Morgan fingerprint density at radius 2 is 2.18 bits per heavy atom. The van der Waals surface area contributed by atoms with Crippen LogP contribution in [0.1, 0.15) is 18.9 Å². The van der Waals surface area contributed by atoms with Gasteiger partial charge in [0.2, 0.25) is 0 Å². The number of nitrogens with two attached hydrogens (primary N) is 1. The lowest BCUT2D eigenvalue weighted by molar-refractivity contribution is 0.248. The minimum Gasteiger partial charge on any atom is -0.409 e. The Bertz CT molecular complexity index is 395. The summed E-state index contributed by atoms with van der Waals surface area (Å²) in [7, 11) is 1.88. The molecule has 4 nitrogen and oxygen atoms in total. The molecule has 0 amide bonds. The Morgan fingerprint density at radius 3 is 2.76 bits per heavy atom. The van der Waals surface area contributed by atoms with Gasteiger partial charge < -0.3 is 10.9 Å². The standard InChI is InChI=1S/C12H18FN3O/c1-9(7-12(14)15-17)16(2)8-10-5-3-4-6-11(10)13/h3-6,9,17H,7-8H2,1-2H3,(H2,14,15). The molecule has 0 aliphatic carbocycles. The fraction of sp³-hybridized carbons (Fsp3) is 0.417. The van der Waals surface area contributed by atoms with Crippen LogP contribution in [0.25, 0.3) is 0 Å². The van der Waals surface area contributed by atoms with Crippen LogP contribution in [0, 0.1) is 5.82 Å². The summed E-state index contributed by atoms with van der Waals surface area (Å²) in [6, 6.07) is 6.74. The molecule has 94 valence electrons. The van der Waals surface area contributed by atoms with E-state index >= 15 is 0 Å². The van der Waals surface area contributed by atoms with E-state index in [9.17, 15) is 4.39 Å². The molecule has 3 N–H and O–H groups in total. The molecular formula is C12H18FN3O. The van der Waals surface area contributed by atoms with E-state index < -0.39 is 0 Å². The third-order valence-electron chi connectivity index (χ3n) is 2.76. The van der Waals surface area contributed by atoms with Gasteiger partial charge in [0.25, 0.3) is 0 Å².